The highest BCUT2D eigenvalue weighted by atomic mass is 16.2. The van der Waals surface area contributed by atoms with Crippen LogP contribution in [-0.2, 0) is 9.59 Å². The second-order valence-electron chi connectivity index (χ2n) is 10.1. The minimum atomic E-state index is -0.331. The van der Waals surface area contributed by atoms with Crippen molar-refractivity contribution in [3.63, 3.8) is 0 Å². The molecule has 7 nitrogen and oxygen atoms in total. The van der Waals surface area contributed by atoms with Gasteiger partial charge in [-0.2, -0.15) is 5.10 Å². The van der Waals surface area contributed by atoms with E-state index in [9.17, 15) is 9.59 Å². The van der Waals surface area contributed by atoms with Crippen LogP contribution in [0.3, 0.4) is 0 Å². The number of carbonyl (C=O) groups is 2. The molecule has 0 spiro atoms. The van der Waals surface area contributed by atoms with Crippen LogP contribution in [0, 0.1) is 0 Å². The number of rotatable bonds is 9. The summed E-state index contributed by atoms with van der Waals surface area (Å²) in [7, 11) is 3.91. The van der Waals surface area contributed by atoms with Gasteiger partial charge in [-0.3, -0.25) is 14.7 Å². The largest absolute Gasteiger partial charge is 0.323 e. The molecule has 194 valence electrons. The van der Waals surface area contributed by atoms with Gasteiger partial charge in [0.25, 0.3) is 0 Å². The van der Waals surface area contributed by atoms with Gasteiger partial charge < -0.3 is 15.5 Å². The van der Waals surface area contributed by atoms with E-state index in [1.54, 1.807) is 6.08 Å². The number of H-pyrrole nitrogens is 1. The molecule has 0 bridgehead atoms. The maximum atomic E-state index is 13.0. The molecule has 3 N–H and O–H groups in total. The fourth-order valence-electron chi connectivity index (χ4n) is 4.70. The van der Waals surface area contributed by atoms with Crippen molar-refractivity contribution in [2.24, 2.45) is 0 Å². The summed E-state index contributed by atoms with van der Waals surface area (Å²) in [6, 6.07) is 17.7. The summed E-state index contributed by atoms with van der Waals surface area (Å²) < 4.78 is 0. The lowest BCUT2D eigenvalue weighted by Crippen LogP contribution is -2.19. The SMILES string of the molecule is CC(C(=O)Nc1cc(C2CCCCC2)[nH]n1)c1cccc(-c2ccc(NC(=O)/C=C/CN(C)C)cc2)c1. The van der Waals surface area contributed by atoms with Crippen molar-refractivity contribution in [1.29, 1.82) is 0 Å². The summed E-state index contributed by atoms with van der Waals surface area (Å²) in [5, 5.41) is 13.3. The van der Waals surface area contributed by atoms with Crippen LogP contribution in [0.2, 0.25) is 0 Å². The monoisotopic (exact) mass is 499 g/mol. The Morgan fingerprint density at radius 1 is 1.03 bits per heavy atom. The molecule has 1 aliphatic carbocycles. The molecule has 3 aromatic rings. The van der Waals surface area contributed by atoms with Crippen molar-refractivity contribution >= 4 is 23.3 Å². The third kappa shape index (κ3) is 7.40. The predicted molar refractivity (Wildman–Crippen MR) is 150 cm³/mol. The van der Waals surface area contributed by atoms with Gasteiger partial charge in [-0.25, -0.2) is 0 Å². The van der Waals surface area contributed by atoms with Crippen LogP contribution >= 0.6 is 0 Å². The standard InChI is InChI=1S/C30H37N5O2/c1-21(30(37)32-28-20-27(33-34-28)23-9-5-4-6-10-23)24-11-7-12-25(19-24)22-14-16-26(17-15-22)31-29(36)13-8-18-35(2)3/h7-8,11-17,19-21,23H,4-6,9-10,18H2,1-3H3,(H,31,36)(H2,32,33,34,37)/b13-8+. The minimum Gasteiger partial charge on any atom is -0.323 e. The van der Waals surface area contributed by atoms with E-state index in [4.69, 9.17) is 0 Å². The third-order valence-electron chi connectivity index (χ3n) is 6.90. The first-order valence-corrected chi connectivity index (χ1v) is 13.1. The molecule has 1 saturated carbocycles. The number of aromatic amines is 1. The number of carbonyl (C=O) groups excluding carboxylic acids is 2. The van der Waals surface area contributed by atoms with Crippen molar-refractivity contribution < 1.29 is 9.59 Å². The number of nitrogens with one attached hydrogen (secondary N) is 3. The first-order valence-electron chi connectivity index (χ1n) is 13.1. The number of aromatic nitrogens is 2. The lowest BCUT2D eigenvalue weighted by atomic mass is 9.87. The minimum absolute atomic E-state index is 0.0841. The van der Waals surface area contributed by atoms with Gasteiger partial charge in [0.2, 0.25) is 11.8 Å². The van der Waals surface area contributed by atoms with Crippen LogP contribution in [0.5, 0.6) is 0 Å². The third-order valence-corrected chi connectivity index (χ3v) is 6.90. The molecule has 0 aliphatic heterocycles. The maximum absolute atomic E-state index is 13.0. The van der Waals surface area contributed by atoms with Gasteiger partial charge >= 0.3 is 0 Å². The molecule has 1 aliphatic rings. The van der Waals surface area contributed by atoms with Crippen LogP contribution in [0.25, 0.3) is 11.1 Å². The molecule has 1 aromatic heterocycles. The molecule has 1 unspecified atom stereocenters. The Kier molecular flexibility index (Phi) is 8.90. The van der Waals surface area contributed by atoms with E-state index >= 15 is 0 Å². The van der Waals surface area contributed by atoms with Crippen molar-refractivity contribution in [3.8, 4) is 11.1 Å². The van der Waals surface area contributed by atoms with E-state index in [2.05, 4.69) is 20.8 Å². The van der Waals surface area contributed by atoms with Gasteiger partial charge in [0.15, 0.2) is 5.82 Å². The van der Waals surface area contributed by atoms with Gasteiger partial charge in [0.1, 0.15) is 0 Å². The predicted octanol–water partition coefficient (Wildman–Crippen LogP) is 5.92. The highest BCUT2D eigenvalue weighted by molar-refractivity contribution is 5.99. The van der Waals surface area contributed by atoms with E-state index in [0.717, 1.165) is 28.1 Å². The van der Waals surface area contributed by atoms with Gasteiger partial charge in [0.05, 0.1) is 5.92 Å². The molecule has 37 heavy (non-hydrogen) atoms. The summed E-state index contributed by atoms with van der Waals surface area (Å²) in [5.41, 5.74) is 4.81. The molecule has 2 aromatic carbocycles. The molecule has 1 atom stereocenters. The molecule has 1 heterocycles. The van der Waals surface area contributed by atoms with Crippen LogP contribution < -0.4 is 10.6 Å². The summed E-state index contributed by atoms with van der Waals surface area (Å²) in [6.45, 7) is 2.62. The molecule has 1 fully saturated rings. The lowest BCUT2D eigenvalue weighted by Gasteiger charge is -2.19. The fourth-order valence-corrected chi connectivity index (χ4v) is 4.70. The van der Waals surface area contributed by atoms with Crippen LogP contribution in [0.4, 0.5) is 11.5 Å². The van der Waals surface area contributed by atoms with Crippen LogP contribution in [-0.4, -0.2) is 47.6 Å². The Labute approximate surface area is 219 Å². The Morgan fingerprint density at radius 3 is 2.51 bits per heavy atom. The first-order chi connectivity index (χ1) is 17.9. The number of benzene rings is 2. The van der Waals surface area contributed by atoms with Gasteiger partial charge in [-0.05, 0) is 62.7 Å². The van der Waals surface area contributed by atoms with Gasteiger partial charge in [0, 0.05) is 36.0 Å². The molecule has 0 radical (unpaired) electrons. The Balaban J connectivity index is 1.37. The maximum Gasteiger partial charge on any atom is 0.248 e. The Bertz CT molecular complexity index is 1220. The van der Waals surface area contributed by atoms with E-state index < -0.39 is 0 Å². The number of likely N-dealkylation sites (N-methyl/N-ethyl adjacent to an activating group) is 1. The summed E-state index contributed by atoms with van der Waals surface area (Å²) in [6.07, 6.45) is 9.55. The molecular formula is C30H37N5O2. The summed E-state index contributed by atoms with van der Waals surface area (Å²) in [5.74, 6) is 0.531. The molecule has 7 heteroatoms. The topological polar surface area (TPSA) is 90.1 Å². The lowest BCUT2D eigenvalue weighted by molar-refractivity contribution is -0.117. The number of anilines is 2. The first kappa shape index (κ1) is 26.4. The van der Waals surface area contributed by atoms with Crippen LogP contribution in [0.15, 0.2) is 66.7 Å². The zero-order valence-electron chi connectivity index (χ0n) is 22.0. The van der Waals surface area contributed by atoms with E-state index in [0.29, 0.717) is 18.3 Å². The summed E-state index contributed by atoms with van der Waals surface area (Å²) >= 11 is 0. The zero-order valence-corrected chi connectivity index (χ0v) is 22.0. The number of hydrogen-bond acceptors (Lipinski definition) is 4. The van der Waals surface area contributed by atoms with Crippen molar-refractivity contribution in [3.05, 3.63) is 78.0 Å². The molecule has 4 rings (SSSR count). The van der Waals surface area contributed by atoms with E-state index in [-0.39, 0.29) is 17.7 Å². The Morgan fingerprint density at radius 2 is 1.78 bits per heavy atom. The zero-order chi connectivity index (χ0) is 26.2. The smallest absolute Gasteiger partial charge is 0.248 e. The highest BCUT2D eigenvalue weighted by Crippen LogP contribution is 2.32. The number of hydrogen-bond donors (Lipinski definition) is 3. The highest BCUT2D eigenvalue weighted by Gasteiger charge is 2.20. The quantitative estimate of drug-likeness (QED) is 0.319. The van der Waals surface area contributed by atoms with Crippen LogP contribution in [0.1, 0.15) is 62.1 Å². The van der Waals surface area contributed by atoms with Crippen molar-refractivity contribution in [2.75, 3.05) is 31.3 Å². The van der Waals surface area contributed by atoms with Crippen molar-refractivity contribution in [2.45, 2.75) is 50.9 Å². The average molecular weight is 500 g/mol. The Hall–Kier alpha value is -3.71. The van der Waals surface area contributed by atoms with Gasteiger partial charge in [-0.1, -0.05) is 61.7 Å². The molecule has 0 saturated heterocycles. The normalized spacial score (nSPS) is 15.1. The second-order valence-corrected chi connectivity index (χ2v) is 10.1. The average Bonchev–Trinajstić information content (AvgIpc) is 3.37. The molecular weight excluding hydrogens is 462 g/mol. The molecule has 2 amide bonds. The summed E-state index contributed by atoms with van der Waals surface area (Å²) in [4.78, 5) is 27.1. The fraction of sp³-hybridized carbons (Fsp3) is 0.367. The van der Waals surface area contributed by atoms with E-state index in [1.807, 2.05) is 86.6 Å². The van der Waals surface area contributed by atoms with Gasteiger partial charge in [-0.15, -0.1) is 0 Å². The van der Waals surface area contributed by atoms with Crippen molar-refractivity contribution in [1.82, 2.24) is 15.1 Å². The van der Waals surface area contributed by atoms with E-state index in [1.165, 1.54) is 32.1 Å². The second kappa shape index (κ2) is 12.5. The number of amides is 2. The number of nitrogens with zero attached hydrogens (tertiary/aromatic N) is 2.